The highest BCUT2D eigenvalue weighted by Crippen LogP contribution is 2.27. The number of carboxylic acid groups (broad SMARTS) is 1. The lowest BCUT2D eigenvalue weighted by molar-refractivity contribution is -0.143. The average Bonchev–Trinajstić information content (AvgIpc) is 3.43. The Kier molecular flexibility index (Phi) is 8.79. The van der Waals surface area contributed by atoms with E-state index < -0.39 is 5.97 Å². The molecule has 2 aliphatic rings. The summed E-state index contributed by atoms with van der Waals surface area (Å²) in [6, 6.07) is 23.7. The van der Waals surface area contributed by atoms with Crippen LogP contribution in [-0.4, -0.2) is 67.2 Å². The summed E-state index contributed by atoms with van der Waals surface area (Å²) in [5.41, 5.74) is 3.17. The zero-order valence-electron chi connectivity index (χ0n) is 22.8. The smallest absolute Gasteiger partial charge is 0.306 e. The van der Waals surface area contributed by atoms with E-state index in [-0.39, 0.29) is 17.9 Å². The summed E-state index contributed by atoms with van der Waals surface area (Å²) < 4.78 is 0. The largest absolute Gasteiger partial charge is 0.481 e. The summed E-state index contributed by atoms with van der Waals surface area (Å²) in [7, 11) is 0. The first kappa shape index (κ1) is 27.2. The van der Waals surface area contributed by atoms with Crippen LogP contribution in [0.2, 0.25) is 0 Å². The van der Waals surface area contributed by atoms with Crippen molar-refractivity contribution in [2.45, 2.75) is 44.7 Å². The molecule has 0 aromatic heterocycles. The van der Waals surface area contributed by atoms with Gasteiger partial charge in [-0.15, -0.1) is 0 Å². The van der Waals surface area contributed by atoms with Gasteiger partial charge in [0.2, 0.25) is 0 Å². The van der Waals surface area contributed by atoms with Crippen molar-refractivity contribution in [3.63, 3.8) is 0 Å². The van der Waals surface area contributed by atoms with Crippen LogP contribution in [0.3, 0.4) is 0 Å². The lowest BCUT2D eigenvalue weighted by atomic mass is 9.97. The van der Waals surface area contributed by atoms with Crippen molar-refractivity contribution in [3.8, 4) is 0 Å². The Hall–Kier alpha value is -3.42. The van der Waals surface area contributed by atoms with Crippen LogP contribution in [-0.2, 0) is 4.79 Å². The summed E-state index contributed by atoms with van der Waals surface area (Å²) in [4.78, 5) is 28.4. The first-order valence-corrected chi connectivity index (χ1v) is 14.3. The third-order valence-corrected chi connectivity index (χ3v) is 8.33. The van der Waals surface area contributed by atoms with Gasteiger partial charge in [-0.25, -0.2) is 0 Å². The van der Waals surface area contributed by atoms with E-state index in [1.54, 1.807) is 0 Å². The van der Waals surface area contributed by atoms with Gasteiger partial charge in [-0.1, -0.05) is 42.5 Å². The molecule has 3 aromatic rings. The highest BCUT2D eigenvalue weighted by atomic mass is 16.4. The van der Waals surface area contributed by atoms with Crippen LogP contribution in [0.5, 0.6) is 0 Å². The Labute approximate surface area is 231 Å². The van der Waals surface area contributed by atoms with Gasteiger partial charge in [-0.2, -0.15) is 0 Å². The molecule has 2 fully saturated rings. The number of likely N-dealkylation sites (tertiary alicyclic amines) is 1. The molecule has 2 atom stereocenters. The fourth-order valence-corrected chi connectivity index (χ4v) is 6.04. The predicted molar refractivity (Wildman–Crippen MR) is 156 cm³/mol. The van der Waals surface area contributed by atoms with E-state index >= 15 is 0 Å². The molecular weight excluding hydrogens is 488 g/mol. The van der Waals surface area contributed by atoms with E-state index in [9.17, 15) is 9.59 Å². The van der Waals surface area contributed by atoms with E-state index in [1.165, 1.54) is 16.3 Å². The van der Waals surface area contributed by atoms with Crippen LogP contribution in [0.4, 0.5) is 5.69 Å². The summed E-state index contributed by atoms with van der Waals surface area (Å²) in [6.07, 6.45) is 3.38. The number of hydrogen-bond donors (Lipinski definition) is 3. The van der Waals surface area contributed by atoms with Crippen LogP contribution in [0.1, 0.15) is 54.6 Å². The van der Waals surface area contributed by atoms with E-state index in [4.69, 9.17) is 5.11 Å². The van der Waals surface area contributed by atoms with Gasteiger partial charge < -0.3 is 25.5 Å². The third kappa shape index (κ3) is 6.78. The molecule has 2 heterocycles. The normalized spacial score (nSPS) is 19.3. The first-order valence-electron chi connectivity index (χ1n) is 14.3. The molecule has 2 aliphatic heterocycles. The van der Waals surface area contributed by atoms with Crippen molar-refractivity contribution in [3.05, 3.63) is 77.9 Å². The van der Waals surface area contributed by atoms with Gasteiger partial charge in [-0.05, 0) is 92.8 Å². The molecule has 0 bridgehead atoms. The Balaban J connectivity index is 1.05. The number of rotatable bonds is 10. The predicted octanol–water partition coefficient (Wildman–Crippen LogP) is 4.69. The average molecular weight is 529 g/mol. The molecular formula is C32H40N4O3. The van der Waals surface area contributed by atoms with Gasteiger partial charge in [0.1, 0.15) is 0 Å². The number of hydrogen-bond acceptors (Lipinski definition) is 5. The number of carbonyl (C=O) groups excluding carboxylic acids is 1. The molecule has 5 rings (SSSR count). The minimum atomic E-state index is -0.680. The van der Waals surface area contributed by atoms with E-state index in [0.717, 1.165) is 51.3 Å². The summed E-state index contributed by atoms with van der Waals surface area (Å²) in [5, 5.41) is 18.6. The minimum Gasteiger partial charge on any atom is -0.481 e. The molecule has 2 saturated heterocycles. The molecule has 1 amide bonds. The quantitative estimate of drug-likeness (QED) is 0.331. The highest BCUT2D eigenvalue weighted by molar-refractivity contribution is 5.94. The standard InChI is InChI=1S/C32H40N4O3/c1-23(29-9-4-7-24-6-2-3-8-30(24)29)34-27-16-21-36(22-27)28-12-10-25(11-13-28)31(37)33-17-5-18-35-19-14-26(15-20-35)32(38)39/h2-4,6-13,23,26-27,34H,5,14-22H2,1H3,(H,33,37)(H,38,39). The second-order valence-corrected chi connectivity index (χ2v) is 11.0. The molecule has 39 heavy (non-hydrogen) atoms. The van der Waals surface area contributed by atoms with Crippen molar-refractivity contribution in [1.29, 1.82) is 0 Å². The maximum atomic E-state index is 12.6. The van der Waals surface area contributed by atoms with Crippen LogP contribution in [0.25, 0.3) is 10.8 Å². The van der Waals surface area contributed by atoms with Gasteiger partial charge in [0.25, 0.3) is 5.91 Å². The van der Waals surface area contributed by atoms with Crippen molar-refractivity contribution in [2.24, 2.45) is 5.92 Å². The maximum absolute atomic E-state index is 12.6. The van der Waals surface area contributed by atoms with Crippen LogP contribution in [0.15, 0.2) is 66.7 Å². The molecule has 3 aromatic carbocycles. The Morgan fingerprint density at radius 3 is 2.46 bits per heavy atom. The molecule has 3 N–H and O–H groups in total. The Morgan fingerprint density at radius 2 is 1.69 bits per heavy atom. The van der Waals surface area contributed by atoms with E-state index in [0.29, 0.717) is 31.0 Å². The van der Waals surface area contributed by atoms with Gasteiger partial charge in [0.15, 0.2) is 0 Å². The van der Waals surface area contributed by atoms with Gasteiger partial charge in [0, 0.05) is 43.0 Å². The number of amides is 1. The Morgan fingerprint density at radius 1 is 0.949 bits per heavy atom. The molecule has 0 spiro atoms. The number of aliphatic carboxylic acids is 1. The number of carboxylic acids is 1. The van der Waals surface area contributed by atoms with Gasteiger partial charge in [-0.3, -0.25) is 9.59 Å². The van der Waals surface area contributed by atoms with Crippen LogP contribution < -0.4 is 15.5 Å². The summed E-state index contributed by atoms with van der Waals surface area (Å²) >= 11 is 0. The second-order valence-electron chi connectivity index (χ2n) is 11.0. The molecule has 0 saturated carbocycles. The monoisotopic (exact) mass is 528 g/mol. The van der Waals surface area contributed by atoms with Crippen LogP contribution >= 0.6 is 0 Å². The number of piperidine rings is 1. The first-order chi connectivity index (χ1) is 19.0. The lowest BCUT2D eigenvalue weighted by Crippen LogP contribution is -2.38. The fraction of sp³-hybridized carbons (Fsp3) is 0.438. The number of nitrogens with one attached hydrogen (secondary N) is 2. The highest BCUT2D eigenvalue weighted by Gasteiger charge is 2.25. The van der Waals surface area contributed by atoms with Crippen molar-refractivity contribution in [1.82, 2.24) is 15.5 Å². The molecule has 0 radical (unpaired) electrons. The number of anilines is 1. The zero-order chi connectivity index (χ0) is 27.2. The van der Waals surface area contributed by atoms with Crippen molar-refractivity contribution >= 4 is 28.3 Å². The van der Waals surface area contributed by atoms with Crippen LogP contribution in [0, 0.1) is 5.92 Å². The molecule has 7 nitrogen and oxygen atoms in total. The second kappa shape index (κ2) is 12.6. The molecule has 0 aliphatic carbocycles. The van der Waals surface area contributed by atoms with Crippen molar-refractivity contribution in [2.75, 3.05) is 44.2 Å². The van der Waals surface area contributed by atoms with E-state index in [1.807, 2.05) is 12.1 Å². The topological polar surface area (TPSA) is 84.9 Å². The fourth-order valence-electron chi connectivity index (χ4n) is 6.04. The van der Waals surface area contributed by atoms with Gasteiger partial charge in [0.05, 0.1) is 5.92 Å². The number of carbonyl (C=O) groups is 2. The SMILES string of the molecule is CC(NC1CCN(c2ccc(C(=O)NCCCN3CCC(C(=O)O)CC3)cc2)C1)c1cccc2ccccc12. The molecule has 7 heteroatoms. The molecule has 2 unspecified atom stereocenters. The third-order valence-electron chi connectivity index (χ3n) is 8.33. The number of benzene rings is 3. The maximum Gasteiger partial charge on any atom is 0.306 e. The van der Waals surface area contributed by atoms with E-state index in [2.05, 4.69) is 82.0 Å². The van der Waals surface area contributed by atoms with Gasteiger partial charge >= 0.3 is 5.97 Å². The van der Waals surface area contributed by atoms with Crippen molar-refractivity contribution < 1.29 is 14.7 Å². The molecule has 206 valence electrons. The number of nitrogens with zero attached hydrogens (tertiary/aromatic N) is 2. The minimum absolute atomic E-state index is 0.0454. The lowest BCUT2D eigenvalue weighted by Gasteiger charge is -2.29. The summed E-state index contributed by atoms with van der Waals surface area (Å²) in [5.74, 6) is -0.929. The Bertz CT molecular complexity index is 1260. The zero-order valence-corrected chi connectivity index (χ0v) is 22.8. The summed E-state index contributed by atoms with van der Waals surface area (Å²) in [6.45, 7) is 7.34. The number of fused-ring (bicyclic) bond motifs is 1.